The number of anilines is 1. The summed E-state index contributed by atoms with van der Waals surface area (Å²) in [6.45, 7) is 2.71. The normalized spacial score (nSPS) is 12.1. The van der Waals surface area contributed by atoms with Crippen LogP contribution in [0.4, 0.5) is 19.0 Å². The monoisotopic (exact) mass is 427 g/mol. The van der Waals surface area contributed by atoms with Crippen molar-refractivity contribution in [3.05, 3.63) is 47.9 Å². The summed E-state index contributed by atoms with van der Waals surface area (Å²) in [5, 5.41) is 1.96. The lowest BCUT2D eigenvalue weighted by molar-refractivity contribution is -0.141. The van der Waals surface area contributed by atoms with E-state index in [-0.39, 0.29) is 31.0 Å². The number of nitrogens with zero attached hydrogens (tertiary/aromatic N) is 4. The summed E-state index contributed by atoms with van der Waals surface area (Å²) in [6, 6.07) is 5.87. The van der Waals surface area contributed by atoms with Crippen LogP contribution in [0, 0.1) is 0 Å². The van der Waals surface area contributed by atoms with Gasteiger partial charge >= 0.3 is 6.18 Å². The topological polar surface area (TPSA) is 97.7 Å². The Bertz CT molecular complexity index is 1120. The maximum absolute atomic E-state index is 13.1. The van der Waals surface area contributed by atoms with E-state index in [0.29, 0.717) is 5.39 Å². The minimum atomic E-state index is -4.61. The molecule has 29 heavy (non-hydrogen) atoms. The van der Waals surface area contributed by atoms with Gasteiger partial charge in [-0.05, 0) is 32.0 Å². The number of aromatic nitrogens is 4. The van der Waals surface area contributed by atoms with Gasteiger partial charge in [0.15, 0.2) is 5.65 Å². The average molecular weight is 427 g/mol. The molecule has 0 spiro atoms. The quantitative estimate of drug-likeness (QED) is 0.617. The smallest absolute Gasteiger partial charge is 0.365 e. The summed E-state index contributed by atoms with van der Waals surface area (Å²) in [5.74, 6) is 0.0781. The Balaban J connectivity index is 0.00000300. The molecule has 0 unspecified atom stereocenters. The molecule has 11 heteroatoms. The van der Waals surface area contributed by atoms with Gasteiger partial charge in [0.05, 0.1) is 10.6 Å². The number of nitrogens with one attached hydrogen (secondary N) is 1. The van der Waals surface area contributed by atoms with Crippen molar-refractivity contribution >= 4 is 26.7 Å². The largest absolute Gasteiger partial charge is 0.433 e. The molecule has 0 aromatic carbocycles. The van der Waals surface area contributed by atoms with E-state index in [1.807, 2.05) is 0 Å². The zero-order chi connectivity index (χ0) is 20.5. The number of fused-ring (bicyclic) bond motifs is 1. The molecular weight excluding hydrogens is 407 g/mol. The van der Waals surface area contributed by atoms with E-state index in [0.717, 1.165) is 6.20 Å². The predicted molar refractivity (Wildman–Crippen MR) is 103 cm³/mol. The lowest BCUT2D eigenvalue weighted by Gasteiger charge is -2.14. The lowest BCUT2D eigenvalue weighted by Crippen LogP contribution is -2.19. The number of sulfone groups is 1. The van der Waals surface area contributed by atoms with Crippen LogP contribution in [0.5, 0.6) is 0 Å². The molecule has 156 valence electrons. The molecule has 3 rings (SSSR count). The third-order valence-electron chi connectivity index (χ3n) is 3.93. The van der Waals surface area contributed by atoms with Gasteiger partial charge in [-0.2, -0.15) is 18.2 Å². The number of alkyl halides is 3. The van der Waals surface area contributed by atoms with Crippen molar-refractivity contribution < 1.29 is 21.6 Å². The number of halogens is 3. The van der Waals surface area contributed by atoms with Crippen molar-refractivity contribution in [3.8, 4) is 0 Å². The van der Waals surface area contributed by atoms with Crippen molar-refractivity contribution in [1.29, 1.82) is 0 Å². The fourth-order valence-electron chi connectivity index (χ4n) is 2.43. The third kappa shape index (κ3) is 4.61. The van der Waals surface area contributed by atoms with Crippen molar-refractivity contribution in [1.82, 2.24) is 19.9 Å². The second-order valence-electron chi connectivity index (χ2n) is 6.19. The maximum Gasteiger partial charge on any atom is 0.433 e. The standard InChI is InChI=1S/C17H16F3N5O2S.CH4/c1-10(2)28(26,27)16-24-14-12(6-4-8-22-14)15(25-16)23-9-11-5-3-7-21-13(11)17(18,19)20;/h3-8,10H,9H2,1-2H3,(H,22,23,24,25);1H4. The molecule has 0 aliphatic rings. The first-order chi connectivity index (χ1) is 13.1. The molecule has 3 aromatic heterocycles. The summed E-state index contributed by atoms with van der Waals surface area (Å²) >= 11 is 0. The summed E-state index contributed by atoms with van der Waals surface area (Å²) in [6.07, 6.45) is -2.11. The molecule has 3 aromatic rings. The van der Waals surface area contributed by atoms with Gasteiger partial charge in [0.25, 0.3) is 5.16 Å². The first-order valence-corrected chi connectivity index (χ1v) is 9.77. The fraction of sp³-hybridized carbons (Fsp3) is 0.333. The van der Waals surface area contributed by atoms with Gasteiger partial charge in [-0.3, -0.25) is 4.98 Å². The highest BCUT2D eigenvalue weighted by Crippen LogP contribution is 2.31. The van der Waals surface area contributed by atoms with Gasteiger partial charge in [0.1, 0.15) is 11.5 Å². The van der Waals surface area contributed by atoms with Gasteiger partial charge < -0.3 is 5.32 Å². The zero-order valence-corrected chi connectivity index (χ0v) is 15.7. The highest BCUT2D eigenvalue weighted by atomic mass is 32.2. The maximum atomic E-state index is 13.1. The van der Waals surface area contributed by atoms with E-state index in [4.69, 9.17) is 0 Å². The van der Waals surface area contributed by atoms with E-state index in [2.05, 4.69) is 25.3 Å². The van der Waals surface area contributed by atoms with Gasteiger partial charge in [-0.25, -0.2) is 18.4 Å². The fourth-order valence-corrected chi connectivity index (χ4v) is 3.28. The predicted octanol–water partition coefficient (Wildman–Crippen LogP) is 3.87. The van der Waals surface area contributed by atoms with Crippen molar-refractivity contribution in [3.63, 3.8) is 0 Å². The van der Waals surface area contributed by atoms with E-state index in [9.17, 15) is 21.6 Å². The lowest BCUT2D eigenvalue weighted by atomic mass is 10.2. The van der Waals surface area contributed by atoms with Crippen LogP contribution in [0.3, 0.4) is 0 Å². The number of hydrogen-bond donors (Lipinski definition) is 1. The van der Waals surface area contributed by atoms with Gasteiger partial charge in [-0.15, -0.1) is 0 Å². The highest BCUT2D eigenvalue weighted by Gasteiger charge is 2.35. The van der Waals surface area contributed by atoms with Crippen LogP contribution in [0.15, 0.2) is 41.8 Å². The Kier molecular flexibility index (Phi) is 6.41. The molecule has 0 bridgehead atoms. The second-order valence-corrected chi connectivity index (χ2v) is 8.58. The van der Waals surface area contributed by atoms with Crippen molar-refractivity contribution in [2.75, 3.05) is 5.32 Å². The van der Waals surface area contributed by atoms with Crippen LogP contribution >= 0.6 is 0 Å². The average Bonchev–Trinajstić information content (AvgIpc) is 2.65. The second kappa shape index (κ2) is 8.27. The Morgan fingerprint density at radius 2 is 1.72 bits per heavy atom. The van der Waals surface area contributed by atoms with Crippen LogP contribution in [-0.4, -0.2) is 33.6 Å². The SMILES string of the molecule is C.CC(C)S(=O)(=O)c1nc(NCc2cccnc2C(F)(F)F)c2cccnc2n1. The molecule has 3 heterocycles. The molecule has 0 fully saturated rings. The molecule has 0 saturated carbocycles. The van der Waals surface area contributed by atoms with Crippen molar-refractivity contribution in [2.24, 2.45) is 0 Å². The van der Waals surface area contributed by atoms with Crippen LogP contribution in [0.2, 0.25) is 0 Å². The molecule has 0 amide bonds. The molecule has 7 nitrogen and oxygen atoms in total. The summed E-state index contributed by atoms with van der Waals surface area (Å²) < 4.78 is 64.3. The first kappa shape index (κ1) is 22.5. The molecule has 0 aliphatic heterocycles. The molecular formula is C18H20F3N5O2S. The third-order valence-corrected chi connectivity index (χ3v) is 5.86. The molecule has 0 radical (unpaired) electrons. The summed E-state index contributed by atoms with van der Waals surface area (Å²) in [5.41, 5.74) is -0.991. The minimum absolute atomic E-state index is 0. The van der Waals surface area contributed by atoms with Crippen molar-refractivity contribution in [2.45, 2.75) is 44.4 Å². The Labute approximate surface area is 166 Å². The van der Waals surface area contributed by atoms with E-state index in [1.54, 1.807) is 12.1 Å². The van der Waals surface area contributed by atoms with E-state index < -0.39 is 32.1 Å². The van der Waals surface area contributed by atoms with Crippen LogP contribution in [-0.2, 0) is 22.6 Å². The van der Waals surface area contributed by atoms with Gasteiger partial charge in [0, 0.05) is 24.5 Å². The Morgan fingerprint density at radius 1 is 1.07 bits per heavy atom. The van der Waals surface area contributed by atoms with Crippen LogP contribution in [0.1, 0.15) is 32.5 Å². The molecule has 1 N–H and O–H groups in total. The highest BCUT2D eigenvalue weighted by molar-refractivity contribution is 7.91. The number of pyridine rings is 2. The Morgan fingerprint density at radius 3 is 2.38 bits per heavy atom. The molecule has 0 atom stereocenters. The van der Waals surface area contributed by atoms with Crippen LogP contribution < -0.4 is 5.32 Å². The molecule has 0 aliphatic carbocycles. The Hall–Kier alpha value is -2.82. The van der Waals surface area contributed by atoms with Gasteiger partial charge in [0.2, 0.25) is 9.84 Å². The zero-order valence-electron chi connectivity index (χ0n) is 14.9. The van der Waals surface area contributed by atoms with E-state index in [1.165, 1.54) is 32.2 Å². The molecule has 0 saturated heterocycles. The van der Waals surface area contributed by atoms with Crippen LogP contribution in [0.25, 0.3) is 11.0 Å². The van der Waals surface area contributed by atoms with Gasteiger partial charge in [-0.1, -0.05) is 13.5 Å². The van der Waals surface area contributed by atoms with E-state index >= 15 is 0 Å². The first-order valence-electron chi connectivity index (χ1n) is 8.22. The number of hydrogen-bond acceptors (Lipinski definition) is 7. The minimum Gasteiger partial charge on any atom is -0.365 e. The summed E-state index contributed by atoms with van der Waals surface area (Å²) in [4.78, 5) is 15.5. The number of rotatable bonds is 5. The summed E-state index contributed by atoms with van der Waals surface area (Å²) in [7, 11) is -3.80.